The molecule has 3 aliphatic heterocycles. The van der Waals surface area contributed by atoms with Crippen LogP contribution in [0.4, 0.5) is 5.88 Å². The van der Waals surface area contributed by atoms with Crippen molar-refractivity contribution in [2.24, 2.45) is 0 Å². The number of carbonyl (C=O) groups excluding carboxylic acids is 1. The number of hydrogen-bond donors (Lipinski definition) is 1. The zero-order chi connectivity index (χ0) is 20.5. The molecule has 8 heteroatoms. The summed E-state index contributed by atoms with van der Waals surface area (Å²) in [5.41, 5.74) is 1.71. The van der Waals surface area contributed by atoms with Crippen LogP contribution in [0, 0.1) is 0 Å². The molecule has 1 amide bonds. The van der Waals surface area contributed by atoms with Crippen LogP contribution in [0.1, 0.15) is 22.0 Å². The topological polar surface area (TPSA) is 84.2 Å². The van der Waals surface area contributed by atoms with Gasteiger partial charge in [-0.3, -0.25) is 9.59 Å². The molecular weight excluding hydrogens is 386 g/mol. The molecule has 0 unspecified atom stereocenters. The molecule has 30 heavy (non-hydrogen) atoms. The van der Waals surface area contributed by atoms with E-state index >= 15 is 0 Å². The van der Waals surface area contributed by atoms with Gasteiger partial charge in [-0.05, 0) is 12.1 Å². The Kier molecular flexibility index (Phi) is 5.28. The maximum atomic E-state index is 13.1. The van der Waals surface area contributed by atoms with Crippen LogP contribution in [0.3, 0.4) is 0 Å². The number of nitrogens with one attached hydrogen (secondary N) is 1. The number of ether oxygens (including phenoxy) is 2. The van der Waals surface area contributed by atoms with Crippen molar-refractivity contribution in [2.45, 2.75) is 6.04 Å². The van der Waals surface area contributed by atoms with E-state index in [1.54, 1.807) is 11.0 Å². The number of morpholine rings is 2. The molecule has 8 nitrogen and oxygen atoms in total. The molecule has 1 atom stereocenters. The van der Waals surface area contributed by atoms with E-state index in [-0.39, 0.29) is 17.4 Å². The smallest absolute Gasteiger partial charge is 0.254 e. The number of nitrogens with zero attached hydrogens (tertiary/aromatic N) is 2. The van der Waals surface area contributed by atoms with Crippen molar-refractivity contribution in [1.82, 2.24) is 10.2 Å². The lowest BCUT2D eigenvalue weighted by Gasteiger charge is -2.28. The van der Waals surface area contributed by atoms with Crippen LogP contribution < -0.4 is 15.6 Å². The Labute approximate surface area is 174 Å². The van der Waals surface area contributed by atoms with E-state index in [2.05, 4.69) is 5.32 Å². The van der Waals surface area contributed by atoms with Crippen LogP contribution in [-0.4, -0.2) is 70.0 Å². The van der Waals surface area contributed by atoms with Gasteiger partial charge in [0.25, 0.3) is 5.91 Å². The molecule has 4 heterocycles. The van der Waals surface area contributed by atoms with Crippen molar-refractivity contribution in [1.29, 1.82) is 0 Å². The summed E-state index contributed by atoms with van der Waals surface area (Å²) in [4.78, 5) is 30.0. The summed E-state index contributed by atoms with van der Waals surface area (Å²) in [6, 6.07) is 4.95. The van der Waals surface area contributed by atoms with Gasteiger partial charge in [0.1, 0.15) is 5.58 Å². The first kappa shape index (κ1) is 19.3. The first-order valence-electron chi connectivity index (χ1n) is 10.4. The molecule has 0 saturated carbocycles. The fraction of sp³-hybridized carbons (Fsp3) is 0.455. The Morgan fingerprint density at radius 3 is 2.43 bits per heavy atom. The van der Waals surface area contributed by atoms with Crippen molar-refractivity contribution in [3.8, 4) is 0 Å². The van der Waals surface area contributed by atoms with Crippen LogP contribution in [-0.2, 0) is 9.47 Å². The van der Waals surface area contributed by atoms with E-state index in [0.29, 0.717) is 75.0 Å². The van der Waals surface area contributed by atoms with Crippen LogP contribution in [0.2, 0.25) is 0 Å². The predicted molar refractivity (Wildman–Crippen MR) is 112 cm³/mol. The average molecular weight is 411 g/mol. The van der Waals surface area contributed by atoms with E-state index in [9.17, 15) is 9.59 Å². The van der Waals surface area contributed by atoms with Crippen LogP contribution >= 0.6 is 0 Å². The van der Waals surface area contributed by atoms with Crippen LogP contribution in [0.15, 0.2) is 39.6 Å². The molecule has 3 aliphatic rings. The van der Waals surface area contributed by atoms with Gasteiger partial charge in [-0.25, -0.2) is 0 Å². The summed E-state index contributed by atoms with van der Waals surface area (Å²) in [5, 5.41) is 3.81. The molecule has 1 aromatic heterocycles. The molecule has 2 fully saturated rings. The van der Waals surface area contributed by atoms with Crippen LogP contribution in [0.25, 0.3) is 11.0 Å². The Morgan fingerprint density at radius 1 is 1.00 bits per heavy atom. The van der Waals surface area contributed by atoms with E-state index in [1.807, 2.05) is 23.1 Å². The SMILES string of the molecule is O=C(c1cc([C@@H]2C=CCN2)c2oc(N3CCOCC3)cc(=O)c2c1)N1CCOCC1. The van der Waals surface area contributed by atoms with Gasteiger partial charge >= 0.3 is 0 Å². The maximum Gasteiger partial charge on any atom is 0.254 e. The van der Waals surface area contributed by atoms with Gasteiger partial charge in [-0.1, -0.05) is 12.2 Å². The van der Waals surface area contributed by atoms with Crippen molar-refractivity contribution >= 4 is 22.8 Å². The van der Waals surface area contributed by atoms with Crippen molar-refractivity contribution in [3.63, 3.8) is 0 Å². The zero-order valence-corrected chi connectivity index (χ0v) is 16.8. The second kappa shape index (κ2) is 8.22. The lowest BCUT2D eigenvalue weighted by Crippen LogP contribution is -2.40. The van der Waals surface area contributed by atoms with Gasteiger partial charge in [0, 0.05) is 49.9 Å². The zero-order valence-electron chi connectivity index (χ0n) is 16.8. The fourth-order valence-corrected chi connectivity index (χ4v) is 4.20. The Hall–Kier alpha value is -2.68. The summed E-state index contributed by atoms with van der Waals surface area (Å²) < 4.78 is 17.0. The molecular formula is C22H25N3O5. The molecule has 0 bridgehead atoms. The van der Waals surface area contributed by atoms with Crippen molar-refractivity contribution in [3.05, 3.63) is 51.7 Å². The molecule has 2 aromatic rings. The first-order chi connectivity index (χ1) is 14.7. The summed E-state index contributed by atoms with van der Waals surface area (Å²) in [6.07, 6.45) is 4.08. The number of benzene rings is 1. The summed E-state index contributed by atoms with van der Waals surface area (Å²) >= 11 is 0. The minimum atomic E-state index is -0.141. The molecule has 158 valence electrons. The van der Waals surface area contributed by atoms with Gasteiger partial charge in [0.2, 0.25) is 0 Å². The van der Waals surface area contributed by atoms with Gasteiger partial charge in [0.05, 0.1) is 37.9 Å². The molecule has 0 radical (unpaired) electrons. The number of carbonyl (C=O) groups is 1. The Morgan fingerprint density at radius 2 is 1.73 bits per heavy atom. The highest BCUT2D eigenvalue weighted by atomic mass is 16.5. The lowest BCUT2D eigenvalue weighted by atomic mass is 9.99. The van der Waals surface area contributed by atoms with E-state index in [1.165, 1.54) is 6.07 Å². The third-order valence-electron chi connectivity index (χ3n) is 5.83. The molecule has 1 aromatic carbocycles. The molecule has 5 rings (SSSR count). The average Bonchev–Trinajstić information content (AvgIpc) is 3.34. The number of hydrogen-bond acceptors (Lipinski definition) is 7. The largest absolute Gasteiger partial charge is 0.440 e. The minimum absolute atomic E-state index is 0.0833. The monoisotopic (exact) mass is 411 g/mol. The van der Waals surface area contributed by atoms with Crippen LogP contribution in [0.5, 0.6) is 0 Å². The number of fused-ring (bicyclic) bond motifs is 1. The van der Waals surface area contributed by atoms with Gasteiger partial charge in [-0.2, -0.15) is 0 Å². The second-order valence-electron chi connectivity index (χ2n) is 7.71. The normalized spacial score (nSPS) is 22.1. The van der Waals surface area contributed by atoms with Gasteiger partial charge in [0.15, 0.2) is 11.3 Å². The Bertz CT molecular complexity index is 1030. The van der Waals surface area contributed by atoms with Crippen molar-refractivity contribution in [2.75, 3.05) is 64.1 Å². The fourth-order valence-electron chi connectivity index (χ4n) is 4.20. The third-order valence-corrected chi connectivity index (χ3v) is 5.83. The highest BCUT2D eigenvalue weighted by Crippen LogP contribution is 2.30. The molecule has 0 aliphatic carbocycles. The highest BCUT2D eigenvalue weighted by molar-refractivity contribution is 5.99. The second-order valence-corrected chi connectivity index (χ2v) is 7.71. The molecule has 2 saturated heterocycles. The van der Waals surface area contributed by atoms with Gasteiger partial charge in [-0.15, -0.1) is 0 Å². The quantitative estimate of drug-likeness (QED) is 0.762. The molecule has 0 spiro atoms. The Balaban J connectivity index is 1.62. The van der Waals surface area contributed by atoms with Crippen molar-refractivity contribution < 1.29 is 18.7 Å². The summed E-state index contributed by atoms with van der Waals surface area (Å²) in [5.74, 6) is 0.464. The highest BCUT2D eigenvalue weighted by Gasteiger charge is 2.25. The lowest BCUT2D eigenvalue weighted by molar-refractivity contribution is 0.0303. The van der Waals surface area contributed by atoms with E-state index < -0.39 is 0 Å². The summed E-state index contributed by atoms with van der Waals surface area (Å²) in [7, 11) is 0. The summed E-state index contributed by atoms with van der Waals surface area (Å²) in [6.45, 7) is 5.48. The van der Waals surface area contributed by atoms with Gasteiger partial charge < -0.3 is 29.0 Å². The first-order valence-corrected chi connectivity index (χ1v) is 10.4. The number of anilines is 1. The maximum absolute atomic E-state index is 13.1. The number of rotatable bonds is 3. The standard InChI is InChI=1S/C22H25N3O5/c26-19-14-20(24-4-8-28-9-5-24)30-21-16(18-2-1-3-23-18)12-15(13-17(19)21)22(27)25-6-10-29-11-7-25/h1-2,12-14,18,23H,3-11H2/t18-/m0/s1. The third kappa shape index (κ3) is 3.62. The molecule has 1 N–H and O–H groups in total. The minimum Gasteiger partial charge on any atom is -0.440 e. The van der Waals surface area contributed by atoms with E-state index in [0.717, 1.165) is 12.1 Å². The number of amides is 1. The van der Waals surface area contributed by atoms with E-state index in [4.69, 9.17) is 13.9 Å². The predicted octanol–water partition coefficient (Wildman–Crippen LogP) is 1.30.